The summed E-state index contributed by atoms with van der Waals surface area (Å²) in [6.45, 7) is 4.09. The van der Waals surface area contributed by atoms with E-state index in [-0.39, 0.29) is 72.5 Å². The number of hydrogen-bond donors (Lipinski definition) is 0. The van der Waals surface area contributed by atoms with Crippen molar-refractivity contribution >= 4 is 36.2 Å². The fraction of sp³-hybridized carbons (Fsp3) is 0.333. The van der Waals surface area contributed by atoms with Gasteiger partial charge in [0.05, 0.1) is 37.6 Å². The Hall–Kier alpha value is -5.92. The van der Waals surface area contributed by atoms with Crippen LogP contribution in [0.2, 0.25) is 0 Å². The lowest BCUT2D eigenvalue weighted by Gasteiger charge is -2.09. The number of carbonyl (C=O) groups is 6. The Morgan fingerprint density at radius 2 is 0.680 bits per heavy atom. The van der Waals surface area contributed by atoms with Crippen molar-refractivity contribution in [2.75, 3.05) is 26.4 Å². The SMILES string of the molecule is CCC(=O)OCCCCOC(=O)Oc1ccc(C(=O)Oc2ccc(OC(=O)c3ccc(OC(=O)OCCCCOC(=O)CC)cc3)cc2)cc1. The van der Waals surface area contributed by atoms with Crippen molar-refractivity contribution in [3.63, 3.8) is 0 Å². The molecule has 0 atom stereocenters. The van der Waals surface area contributed by atoms with E-state index < -0.39 is 24.2 Å². The molecule has 0 radical (unpaired) electrons. The Bertz CT molecular complexity index is 1450. The van der Waals surface area contributed by atoms with Crippen LogP contribution in [-0.4, -0.2) is 62.6 Å². The first-order chi connectivity index (χ1) is 24.2. The third-order valence-electron chi connectivity index (χ3n) is 6.45. The van der Waals surface area contributed by atoms with E-state index in [0.717, 1.165) is 0 Å². The van der Waals surface area contributed by atoms with Crippen LogP contribution in [0.4, 0.5) is 9.59 Å². The Balaban J connectivity index is 1.36. The highest BCUT2D eigenvalue weighted by Gasteiger charge is 2.14. The van der Waals surface area contributed by atoms with Gasteiger partial charge in [-0.3, -0.25) is 9.59 Å². The van der Waals surface area contributed by atoms with Crippen LogP contribution in [0.5, 0.6) is 23.0 Å². The van der Waals surface area contributed by atoms with Crippen molar-refractivity contribution in [2.45, 2.75) is 52.4 Å². The minimum Gasteiger partial charge on any atom is -0.466 e. The lowest BCUT2D eigenvalue weighted by molar-refractivity contribution is -0.144. The van der Waals surface area contributed by atoms with E-state index >= 15 is 0 Å². The predicted octanol–water partition coefficient (Wildman–Crippen LogP) is 6.62. The first-order valence-electron chi connectivity index (χ1n) is 15.9. The van der Waals surface area contributed by atoms with Crippen molar-refractivity contribution in [3.05, 3.63) is 83.9 Å². The van der Waals surface area contributed by atoms with Crippen LogP contribution in [-0.2, 0) is 28.5 Å². The molecule has 0 amide bonds. The van der Waals surface area contributed by atoms with Crippen molar-refractivity contribution in [3.8, 4) is 23.0 Å². The zero-order valence-corrected chi connectivity index (χ0v) is 27.7. The molecule has 0 spiro atoms. The normalized spacial score (nSPS) is 10.3. The molecule has 0 aliphatic rings. The molecule has 14 heteroatoms. The number of carbonyl (C=O) groups excluding carboxylic acids is 6. The molecule has 3 aromatic rings. The Morgan fingerprint density at radius 3 is 1.00 bits per heavy atom. The summed E-state index contributed by atoms with van der Waals surface area (Å²) in [5.41, 5.74) is 0.380. The van der Waals surface area contributed by atoms with Gasteiger partial charge in [0.15, 0.2) is 0 Å². The fourth-order valence-corrected chi connectivity index (χ4v) is 3.77. The largest absolute Gasteiger partial charge is 0.513 e. The van der Waals surface area contributed by atoms with E-state index in [4.69, 9.17) is 37.9 Å². The predicted molar refractivity (Wildman–Crippen MR) is 174 cm³/mol. The minimum absolute atomic E-state index is 0.0946. The average Bonchev–Trinajstić information content (AvgIpc) is 3.12. The number of esters is 4. The first-order valence-corrected chi connectivity index (χ1v) is 15.9. The molecule has 14 nitrogen and oxygen atoms in total. The summed E-state index contributed by atoms with van der Waals surface area (Å²) in [4.78, 5) is 71.1. The smallest absolute Gasteiger partial charge is 0.466 e. The second-order valence-electron chi connectivity index (χ2n) is 10.3. The number of unbranched alkanes of at least 4 members (excludes halogenated alkanes) is 2. The van der Waals surface area contributed by atoms with E-state index in [9.17, 15) is 28.8 Å². The molecular formula is C36H38O14. The lowest BCUT2D eigenvalue weighted by atomic mass is 10.2. The molecule has 50 heavy (non-hydrogen) atoms. The molecule has 266 valence electrons. The number of benzene rings is 3. The highest BCUT2D eigenvalue weighted by atomic mass is 16.7. The van der Waals surface area contributed by atoms with Gasteiger partial charge in [-0.15, -0.1) is 0 Å². The maximum absolute atomic E-state index is 12.6. The standard InChI is InChI=1S/C36H38O14/c1-3-31(37)43-21-5-7-23-45-35(41)49-29-13-9-25(10-14-29)33(39)47-27-17-19-28(20-18-27)48-34(40)26-11-15-30(16-12-26)50-36(42)46-24-8-6-22-44-32(38)4-2/h9-20H,3-8,21-24H2,1-2H3. The Morgan fingerprint density at radius 1 is 0.400 bits per heavy atom. The molecule has 0 saturated heterocycles. The third-order valence-corrected chi connectivity index (χ3v) is 6.45. The van der Waals surface area contributed by atoms with Gasteiger partial charge < -0.3 is 37.9 Å². The maximum Gasteiger partial charge on any atom is 0.513 e. The summed E-state index contributed by atoms with van der Waals surface area (Å²) in [5.74, 6) is -1.21. The summed E-state index contributed by atoms with van der Waals surface area (Å²) in [6, 6.07) is 17.1. The Labute approximate surface area is 288 Å². The van der Waals surface area contributed by atoms with E-state index in [1.165, 1.54) is 72.8 Å². The monoisotopic (exact) mass is 694 g/mol. The van der Waals surface area contributed by atoms with E-state index in [1.807, 2.05) is 0 Å². The topological polar surface area (TPSA) is 176 Å². The van der Waals surface area contributed by atoms with Gasteiger partial charge in [0.2, 0.25) is 0 Å². The van der Waals surface area contributed by atoms with Gasteiger partial charge in [0.1, 0.15) is 23.0 Å². The number of ether oxygens (including phenoxy) is 8. The van der Waals surface area contributed by atoms with Crippen molar-refractivity contribution in [1.82, 2.24) is 0 Å². The molecule has 0 bridgehead atoms. The van der Waals surface area contributed by atoms with Gasteiger partial charge in [-0.2, -0.15) is 0 Å². The van der Waals surface area contributed by atoms with E-state index in [1.54, 1.807) is 13.8 Å². The van der Waals surface area contributed by atoms with Crippen LogP contribution < -0.4 is 18.9 Å². The molecule has 0 heterocycles. The molecule has 0 aromatic heterocycles. The molecule has 0 fully saturated rings. The van der Waals surface area contributed by atoms with Crippen molar-refractivity contribution in [1.29, 1.82) is 0 Å². The zero-order chi connectivity index (χ0) is 36.1. The van der Waals surface area contributed by atoms with Crippen LogP contribution in [0.25, 0.3) is 0 Å². The first kappa shape index (κ1) is 38.5. The molecule has 0 aliphatic carbocycles. The maximum atomic E-state index is 12.6. The molecule has 0 unspecified atom stereocenters. The van der Waals surface area contributed by atoms with Crippen molar-refractivity contribution < 1.29 is 66.7 Å². The van der Waals surface area contributed by atoms with Crippen LogP contribution in [0.1, 0.15) is 73.1 Å². The zero-order valence-electron chi connectivity index (χ0n) is 27.7. The van der Waals surface area contributed by atoms with Gasteiger partial charge in [-0.1, -0.05) is 13.8 Å². The van der Waals surface area contributed by atoms with Gasteiger partial charge >= 0.3 is 36.2 Å². The second kappa shape index (κ2) is 21.1. The molecular weight excluding hydrogens is 656 g/mol. The molecule has 3 rings (SSSR count). The summed E-state index contributed by atoms with van der Waals surface area (Å²) in [6.07, 6.45) is 0.863. The summed E-state index contributed by atoms with van der Waals surface area (Å²) < 4.78 is 40.7. The quantitative estimate of drug-likeness (QED) is 0.0456. The van der Waals surface area contributed by atoms with Gasteiger partial charge in [0, 0.05) is 12.8 Å². The Kier molecular flexibility index (Phi) is 16.3. The number of hydrogen-bond acceptors (Lipinski definition) is 14. The minimum atomic E-state index is -0.909. The van der Waals surface area contributed by atoms with Crippen LogP contribution in [0.3, 0.4) is 0 Å². The van der Waals surface area contributed by atoms with E-state index in [0.29, 0.717) is 38.5 Å². The molecule has 0 saturated carbocycles. The van der Waals surface area contributed by atoms with E-state index in [2.05, 4.69) is 0 Å². The van der Waals surface area contributed by atoms with Gasteiger partial charge in [-0.05, 0) is 98.5 Å². The third kappa shape index (κ3) is 14.5. The summed E-state index contributed by atoms with van der Waals surface area (Å²) in [7, 11) is 0. The summed E-state index contributed by atoms with van der Waals surface area (Å²) >= 11 is 0. The van der Waals surface area contributed by atoms with Crippen molar-refractivity contribution in [2.24, 2.45) is 0 Å². The van der Waals surface area contributed by atoms with Crippen LogP contribution >= 0.6 is 0 Å². The second-order valence-corrected chi connectivity index (χ2v) is 10.3. The molecule has 0 N–H and O–H groups in total. The number of rotatable bonds is 18. The van der Waals surface area contributed by atoms with Crippen LogP contribution in [0, 0.1) is 0 Å². The molecule has 0 aliphatic heterocycles. The fourth-order valence-electron chi connectivity index (χ4n) is 3.77. The highest BCUT2D eigenvalue weighted by molar-refractivity contribution is 5.92. The van der Waals surface area contributed by atoms with Gasteiger partial charge in [0.25, 0.3) is 0 Å². The van der Waals surface area contributed by atoms with Crippen LogP contribution in [0.15, 0.2) is 72.8 Å². The highest BCUT2D eigenvalue weighted by Crippen LogP contribution is 2.22. The molecule has 3 aromatic carbocycles. The summed E-state index contributed by atoms with van der Waals surface area (Å²) in [5, 5.41) is 0. The van der Waals surface area contributed by atoms with Gasteiger partial charge in [-0.25, -0.2) is 19.2 Å². The average molecular weight is 695 g/mol. The lowest BCUT2D eigenvalue weighted by Crippen LogP contribution is -2.13.